The van der Waals surface area contributed by atoms with Crippen molar-refractivity contribution in [3.8, 4) is 5.75 Å². The molecule has 5 nitrogen and oxygen atoms in total. The zero-order valence-electron chi connectivity index (χ0n) is 17.9. The molecule has 0 spiro atoms. The molecular formula is C25H28N2O3. The van der Waals surface area contributed by atoms with Gasteiger partial charge in [0.15, 0.2) is 0 Å². The van der Waals surface area contributed by atoms with Gasteiger partial charge in [-0.05, 0) is 59.5 Å². The summed E-state index contributed by atoms with van der Waals surface area (Å²) in [5, 5.41) is 7.98. The minimum Gasteiger partial charge on any atom is -0.497 e. The van der Waals surface area contributed by atoms with Crippen LogP contribution in [0.4, 0.5) is 0 Å². The molecule has 3 aromatic carbocycles. The average molecular weight is 405 g/mol. The highest BCUT2D eigenvalue weighted by molar-refractivity contribution is 5.97. The number of carbonyl (C=O) groups excluding carboxylic acids is 2. The first-order valence-corrected chi connectivity index (χ1v) is 10.1. The van der Waals surface area contributed by atoms with Crippen LogP contribution < -0.4 is 15.4 Å². The summed E-state index contributed by atoms with van der Waals surface area (Å²) in [6, 6.07) is 18.6. The minimum absolute atomic E-state index is 0.0385. The third-order valence-corrected chi connectivity index (χ3v) is 5.13. The van der Waals surface area contributed by atoms with Crippen molar-refractivity contribution in [2.24, 2.45) is 5.92 Å². The zero-order chi connectivity index (χ0) is 21.7. The summed E-state index contributed by atoms with van der Waals surface area (Å²) >= 11 is 0. The number of aryl methyl sites for hydroxylation is 1. The number of hydrogen-bond donors (Lipinski definition) is 2. The van der Waals surface area contributed by atoms with E-state index >= 15 is 0 Å². The van der Waals surface area contributed by atoms with Gasteiger partial charge in [0.05, 0.1) is 7.11 Å². The number of benzene rings is 3. The Hall–Kier alpha value is -3.34. The molecule has 0 fully saturated rings. The number of hydrogen-bond acceptors (Lipinski definition) is 3. The lowest BCUT2D eigenvalue weighted by molar-refractivity contribution is -0.124. The van der Waals surface area contributed by atoms with Crippen LogP contribution >= 0.6 is 0 Å². The summed E-state index contributed by atoms with van der Waals surface area (Å²) in [5.41, 5.74) is 2.62. The number of carbonyl (C=O) groups is 2. The number of ether oxygens (including phenoxy) is 1. The van der Waals surface area contributed by atoms with E-state index in [2.05, 4.69) is 10.6 Å². The molecule has 1 unspecified atom stereocenters. The Morgan fingerprint density at radius 3 is 2.27 bits per heavy atom. The van der Waals surface area contributed by atoms with Gasteiger partial charge in [0, 0.05) is 12.1 Å². The Labute approximate surface area is 177 Å². The third-order valence-electron chi connectivity index (χ3n) is 5.13. The fraction of sp³-hybridized carbons (Fsp3) is 0.280. The minimum atomic E-state index is -0.608. The molecule has 3 aromatic rings. The van der Waals surface area contributed by atoms with Crippen molar-refractivity contribution in [3.63, 3.8) is 0 Å². The van der Waals surface area contributed by atoms with Crippen molar-refractivity contribution in [2.75, 3.05) is 7.11 Å². The van der Waals surface area contributed by atoms with Crippen LogP contribution in [0.3, 0.4) is 0 Å². The van der Waals surface area contributed by atoms with E-state index in [-0.39, 0.29) is 17.7 Å². The van der Waals surface area contributed by atoms with Gasteiger partial charge in [0.2, 0.25) is 5.91 Å². The summed E-state index contributed by atoms with van der Waals surface area (Å²) in [4.78, 5) is 25.3. The molecule has 30 heavy (non-hydrogen) atoms. The van der Waals surface area contributed by atoms with Gasteiger partial charge in [-0.15, -0.1) is 0 Å². The molecular weight excluding hydrogens is 376 g/mol. The quantitative estimate of drug-likeness (QED) is 0.619. The fourth-order valence-electron chi connectivity index (χ4n) is 3.27. The van der Waals surface area contributed by atoms with Crippen LogP contribution in [0.25, 0.3) is 10.8 Å². The van der Waals surface area contributed by atoms with Crippen molar-refractivity contribution in [2.45, 2.75) is 33.4 Å². The number of amides is 2. The Morgan fingerprint density at radius 2 is 1.60 bits per heavy atom. The number of nitrogens with one attached hydrogen (secondary N) is 2. The second kappa shape index (κ2) is 9.44. The number of fused-ring (bicyclic) bond motifs is 1. The van der Waals surface area contributed by atoms with Crippen LogP contribution in [-0.2, 0) is 11.3 Å². The molecule has 1 atom stereocenters. The topological polar surface area (TPSA) is 67.4 Å². The van der Waals surface area contributed by atoms with E-state index in [9.17, 15) is 9.59 Å². The highest BCUT2D eigenvalue weighted by Gasteiger charge is 2.24. The van der Waals surface area contributed by atoms with E-state index < -0.39 is 6.04 Å². The van der Waals surface area contributed by atoms with Gasteiger partial charge in [-0.1, -0.05) is 49.7 Å². The highest BCUT2D eigenvalue weighted by atomic mass is 16.5. The predicted molar refractivity (Wildman–Crippen MR) is 120 cm³/mol. The first kappa shape index (κ1) is 21.4. The van der Waals surface area contributed by atoms with Crippen molar-refractivity contribution in [1.82, 2.24) is 10.6 Å². The molecule has 0 aliphatic heterocycles. The molecule has 0 saturated heterocycles. The summed E-state index contributed by atoms with van der Waals surface area (Å²) in [5.74, 6) is 0.333. The molecule has 0 bridgehead atoms. The van der Waals surface area contributed by atoms with Gasteiger partial charge in [0.1, 0.15) is 11.8 Å². The van der Waals surface area contributed by atoms with Crippen LogP contribution in [0.5, 0.6) is 5.75 Å². The van der Waals surface area contributed by atoms with E-state index in [1.54, 1.807) is 19.2 Å². The maximum atomic E-state index is 12.8. The predicted octanol–water partition coefficient (Wildman–Crippen LogP) is 4.23. The second-order valence-corrected chi connectivity index (χ2v) is 7.83. The molecule has 0 saturated carbocycles. The molecule has 0 aromatic heterocycles. The van der Waals surface area contributed by atoms with Crippen LogP contribution in [-0.4, -0.2) is 25.0 Å². The molecule has 0 heterocycles. The molecule has 0 aliphatic carbocycles. The summed E-state index contributed by atoms with van der Waals surface area (Å²) in [7, 11) is 1.65. The van der Waals surface area contributed by atoms with Crippen molar-refractivity contribution >= 4 is 22.6 Å². The molecule has 0 radical (unpaired) electrons. The maximum absolute atomic E-state index is 12.8. The van der Waals surface area contributed by atoms with Gasteiger partial charge >= 0.3 is 0 Å². The molecule has 2 N–H and O–H groups in total. The van der Waals surface area contributed by atoms with E-state index in [0.29, 0.717) is 12.1 Å². The van der Waals surface area contributed by atoms with E-state index in [1.165, 1.54) is 0 Å². The Bertz CT molecular complexity index is 1040. The number of rotatable bonds is 7. The van der Waals surface area contributed by atoms with Gasteiger partial charge in [-0.25, -0.2) is 0 Å². The third kappa shape index (κ3) is 5.17. The van der Waals surface area contributed by atoms with E-state index in [0.717, 1.165) is 27.6 Å². The van der Waals surface area contributed by atoms with Crippen LogP contribution in [0.2, 0.25) is 0 Å². The van der Waals surface area contributed by atoms with E-state index in [4.69, 9.17) is 4.74 Å². The average Bonchev–Trinajstić information content (AvgIpc) is 2.75. The summed E-state index contributed by atoms with van der Waals surface area (Å²) < 4.78 is 5.26. The SMILES string of the molecule is COc1ccc2cc(CNC(=O)C(NC(=O)c3ccc(C)cc3)C(C)C)ccc2c1. The monoisotopic (exact) mass is 404 g/mol. The first-order valence-electron chi connectivity index (χ1n) is 10.1. The molecule has 3 rings (SSSR count). The fourth-order valence-corrected chi connectivity index (χ4v) is 3.27. The highest BCUT2D eigenvalue weighted by Crippen LogP contribution is 2.22. The van der Waals surface area contributed by atoms with E-state index in [1.807, 2.05) is 69.3 Å². The Kier molecular flexibility index (Phi) is 6.72. The van der Waals surface area contributed by atoms with Gasteiger partial charge in [-0.2, -0.15) is 0 Å². The maximum Gasteiger partial charge on any atom is 0.251 e. The van der Waals surface area contributed by atoms with Gasteiger partial charge in [0.25, 0.3) is 5.91 Å². The summed E-state index contributed by atoms with van der Waals surface area (Å²) in [6.07, 6.45) is 0. The summed E-state index contributed by atoms with van der Waals surface area (Å²) in [6.45, 7) is 6.20. The number of methoxy groups -OCH3 is 1. The Balaban J connectivity index is 1.65. The lowest BCUT2D eigenvalue weighted by atomic mass is 10.0. The lowest BCUT2D eigenvalue weighted by Crippen LogP contribution is -2.49. The van der Waals surface area contributed by atoms with Crippen molar-refractivity contribution < 1.29 is 14.3 Å². The van der Waals surface area contributed by atoms with Crippen LogP contribution in [0.1, 0.15) is 35.3 Å². The van der Waals surface area contributed by atoms with Crippen molar-refractivity contribution in [3.05, 3.63) is 77.4 Å². The first-order chi connectivity index (χ1) is 14.4. The molecule has 156 valence electrons. The normalized spacial score (nSPS) is 11.9. The van der Waals surface area contributed by atoms with Crippen LogP contribution in [0.15, 0.2) is 60.7 Å². The second-order valence-electron chi connectivity index (χ2n) is 7.83. The molecule has 0 aliphatic rings. The Morgan fingerprint density at radius 1 is 0.933 bits per heavy atom. The largest absolute Gasteiger partial charge is 0.497 e. The smallest absolute Gasteiger partial charge is 0.251 e. The van der Waals surface area contributed by atoms with Crippen molar-refractivity contribution in [1.29, 1.82) is 0 Å². The molecule has 5 heteroatoms. The lowest BCUT2D eigenvalue weighted by Gasteiger charge is -2.22. The van der Waals surface area contributed by atoms with Gasteiger partial charge in [-0.3, -0.25) is 9.59 Å². The molecule has 2 amide bonds. The van der Waals surface area contributed by atoms with Gasteiger partial charge < -0.3 is 15.4 Å². The zero-order valence-corrected chi connectivity index (χ0v) is 17.9. The van der Waals surface area contributed by atoms with Crippen LogP contribution in [0, 0.1) is 12.8 Å². The standard InChI is InChI=1S/C25H28N2O3/c1-16(2)23(27-24(28)19-8-5-17(3)6-9-19)25(29)26-15-18-7-10-21-14-22(30-4)12-11-20(21)13-18/h5-14,16,23H,15H2,1-4H3,(H,26,29)(H,27,28).